The first-order valence-electron chi connectivity index (χ1n) is 12.4. The number of methoxy groups -OCH3 is 1. The van der Waals surface area contributed by atoms with Gasteiger partial charge in [0.2, 0.25) is 0 Å². The third kappa shape index (κ3) is 4.39. The number of piperidine rings is 1. The van der Waals surface area contributed by atoms with Crippen molar-refractivity contribution < 1.29 is 13.9 Å². The molecule has 6 rings (SSSR count). The smallest absolute Gasteiger partial charge is 0.270 e. The van der Waals surface area contributed by atoms with Crippen LogP contribution in [0.1, 0.15) is 28.9 Å². The Morgan fingerprint density at radius 2 is 1.86 bits per heavy atom. The number of aromatic nitrogens is 1. The van der Waals surface area contributed by atoms with Gasteiger partial charge in [-0.05, 0) is 60.9 Å². The number of nitrogens with one attached hydrogen (secondary N) is 3. The second-order valence-electron chi connectivity index (χ2n) is 9.59. The molecule has 37 heavy (non-hydrogen) atoms. The number of amidine groups is 1. The lowest BCUT2D eigenvalue weighted by molar-refractivity contribution is 0.0699. The zero-order chi connectivity index (χ0) is 25.4. The number of ether oxygens (including phenoxy) is 1. The lowest BCUT2D eigenvalue weighted by atomic mass is 9.84. The van der Waals surface area contributed by atoms with E-state index < -0.39 is 5.54 Å². The predicted octanol–water partition coefficient (Wildman–Crippen LogP) is 5.24. The SMILES string of the molecule is COc1ccc2cc(C(=O)N3CCC4(CC3)Nc3ccccc3N=C4NCc3ccc(F)cc3)[nH]c2c1. The molecular weight excluding hydrogens is 469 g/mol. The average Bonchev–Trinajstić information content (AvgIpc) is 3.36. The van der Waals surface area contributed by atoms with Crippen molar-refractivity contribution in [2.45, 2.75) is 24.9 Å². The molecule has 2 aliphatic rings. The maximum absolute atomic E-state index is 13.4. The van der Waals surface area contributed by atoms with Crippen LogP contribution in [0.5, 0.6) is 5.75 Å². The molecule has 8 heteroatoms. The fourth-order valence-electron chi connectivity index (χ4n) is 5.19. The number of benzene rings is 3. The molecule has 3 aromatic carbocycles. The van der Waals surface area contributed by atoms with Crippen LogP contribution >= 0.6 is 0 Å². The van der Waals surface area contributed by atoms with Crippen molar-refractivity contribution in [3.05, 3.63) is 89.9 Å². The first kappa shape index (κ1) is 23.1. The van der Waals surface area contributed by atoms with Gasteiger partial charge in [-0.2, -0.15) is 0 Å². The van der Waals surface area contributed by atoms with E-state index in [1.54, 1.807) is 19.2 Å². The van der Waals surface area contributed by atoms with Crippen molar-refractivity contribution in [2.24, 2.45) is 4.99 Å². The van der Waals surface area contributed by atoms with Gasteiger partial charge >= 0.3 is 0 Å². The van der Waals surface area contributed by atoms with Crippen molar-refractivity contribution in [2.75, 3.05) is 25.5 Å². The number of halogens is 1. The molecule has 1 amide bonds. The van der Waals surface area contributed by atoms with Gasteiger partial charge in [0.05, 0.1) is 24.0 Å². The number of carbonyl (C=O) groups is 1. The summed E-state index contributed by atoms with van der Waals surface area (Å²) in [4.78, 5) is 23.5. The number of anilines is 1. The highest BCUT2D eigenvalue weighted by Crippen LogP contribution is 2.38. The van der Waals surface area contributed by atoms with Crippen LogP contribution in [-0.4, -0.2) is 47.4 Å². The summed E-state index contributed by atoms with van der Waals surface area (Å²) in [6, 6.07) is 22.1. The molecule has 1 aromatic heterocycles. The third-order valence-corrected chi connectivity index (χ3v) is 7.30. The van der Waals surface area contributed by atoms with Crippen LogP contribution in [-0.2, 0) is 6.54 Å². The molecule has 0 bridgehead atoms. The Balaban J connectivity index is 1.21. The van der Waals surface area contributed by atoms with Crippen LogP contribution in [0.25, 0.3) is 10.9 Å². The molecule has 188 valence electrons. The van der Waals surface area contributed by atoms with E-state index in [-0.39, 0.29) is 11.7 Å². The number of fused-ring (bicyclic) bond motifs is 2. The lowest BCUT2D eigenvalue weighted by Crippen LogP contribution is -2.59. The molecule has 7 nitrogen and oxygen atoms in total. The number of para-hydroxylation sites is 2. The van der Waals surface area contributed by atoms with Crippen LogP contribution in [0.4, 0.5) is 15.8 Å². The Morgan fingerprint density at radius 1 is 1.08 bits per heavy atom. The van der Waals surface area contributed by atoms with Gasteiger partial charge in [0, 0.05) is 36.6 Å². The van der Waals surface area contributed by atoms with Crippen molar-refractivity contribution in [1.82, 2.24) is 15.2 Å². The largest absolute Gasteiger partial charge is 0.497 e. The first-order chi connectivity index (χ1) is 18.0. The van der Waals surface area contributed by atoms with Gasteiger partial charge in [0.15, 0.2) is 0 Å². The van der Waals surface area contributed by atoms with Gasteiger partial charge in [-0.1, -0.05) is 24.3 Å². The number of amides is 1. The van der Waals surface area contributed by atoms with E-state index >= 15 is 0 Å². The molecule has 3 N–H and O–H groups in total. The Bertz CT molecular complexity index is 1490. The zero-order valence-corrected chi connectivity index (χ0v) is 20.6. The van der Waals surface area contributed by atoms with Crippen LogP contribution in [0, 0.1) is 5.82 Å². The van der Waals surface area contributed by atoms with E-state index in [0.29, 0.717) is 38.2 Å². The normalized spacial score (nSPS) is 16.2. The topological polar surface area (TPSA) is 81.8 Å². The van der Waals surface area contributed by atoms with E-state index in [9.17, 15) is 9.18 Å². The van der Waals surface area contributed by atoms with E-state index in [0.717, 1.165) is 39.4 Å². The maximum atomic E-state index is 13.4. The Kier molecular flexibility index (Phi) is 5.79. The van der Waals surface area contributed by atoms with Gasteiger partial charge in [0.25, 0.3) is 5.91 Å². The molecule has 0 saturated carbocycles. The minimum absolute atomic E-state index is 0.0148. The van der Waals surface area contributed by atoms with Gasteiger partial charge < -0.3 is 25.3 Å². The quantitative estimate of drug-likeness (QED) is 0.360. The summed E-state index contributed by atoms with van der Waals surface area (Å²) in [6.45, 7) is 1.71. The van der Waals surface area contributed by atoms with Crippen LogP contribution in [0.2, 0.25) is 0 Å². The number of carbonyl (C=O) groups excluding carboxylic acids is 1. The summed E-state index contributed by atoms with van der Waals surface area (Å²) in [7, 11) is 1.63. The Labute approximate surface area is 214 Å². The van der Waals surface area contributed by atoms with Crippen LogP contribution < -0.4 is 15.4 Å². The Hall–Kier alpha value is -4.33. The first-order valence-corrected chi connectivity index (χ1v) is 12.4. The third-order valence-electron chi connectivity index (χ3n) is 7.30. The molecule has 4 aromatic rings. The molecule has 1 saturated heterocycles. The fourth-order valence-corrected chi connectivity index (χ4v) is 5.19. The van der Waals surface area contributed by atoms with Gasteiger partial charge in [-0.3, -0.25) is 4.79 Å². The standard InChI is InChI=1S/C29H28FN5O2/c1-37-22-11-8-20-16-26(32-25(20)17-22)27(36)35-14-12-29(13-15-35)28(31-18-19-6-9-21(30)10-7-19)33-23-4-2-3-5-24(23)34-29/h2-11,16-17,32,34H,12-15,18H2,1H3,(H,31,33). The highest BCUT2D eigenvalue weighted by Gasteiger charge is 2.43. The number of rotatable bonds is 4. The highest BCUT2D eigenvalue weighted by atomic mass is 19.1. The van der Waals surface area contributed by atoms with E-state index in [1.165, 1.54) is 12.1 Å². The molecule has 3 heterocycles. The lowest BCUT2D eigenvalue weighted by Gasteiger charge is -2.45. The monoisotopic (exact) mass is 497 g/mol. The second kappa shape index (κ2) is 9.28. The number of likely N-dealkylation sites (tertiary alicyclic amines) is 1. The van der Waals surface area contributed by atoms with E-state index in [4.69, 9.17) is 9.73 Å². The van der Waals surface area contributed by atoms with E-state index in [2.05, 4.69) is 15.6 Å². The van der Waals surface area contributed by atoms with Crippen molar-refractivity contribution in [3.8, 4) is 5.75 Å². The number of H-pyrrole nitrogens is 1. The summed E-state index contributed by atoms with van der Waals surface area (Å²) in [6.07, 6.45) is 1.41. The number of aromatic amines is 1. The predicted molar refractivity (Wildman–Crippen MR) is 143 cm³/mol. The summed E-state index contributed by atoms with van der Waals surface area (Å²) in [5, 5.41) is 8.21. The number of nitrogens with zero attached hydrogens (tertiary/aromatic N) is 2. The minimum Gasteiger partial charge on any atom is -0.497 e. The molecule has 0 unspecified atom stereocenters. The summed E-state index contributed by atoms with van der Waals surface area (Å²) in [5.74, 6) is 1.33. The van der Waals surface area contributed by atoms with Crippen molar-refractivity contribution in [3.63, 3.8) is 0 Å². The summed E-state index contributed by atoms with van der Waals surface area (Å²) in [5.41, 5.74) is 3.87. The Morgan fingerprint density at radius 3 is 2.65 bits per heavy atom. The maximum Gasteiger partial charge on any atom is 0.270 e. The molecule has 0 atom stereocenters. The number of hydrogen-bond donors (Lipinski definition) is 3. The summed E-state index contributed by atoms with van der Waals surface area (Å²) >= 11 is 0. The fraction of sp³-hybridized carbons (Fsp3) is 0.241. The van der Waals surface area contributed by atoms with Gasteiger partial charge in [0.1, 0.15) is 23.1 Å². The molecule has 0 aliphatic carbocycles. The summed E-state index contributed by atoms with van der Waals surface area (Å²) < 4.78 is 18.7. The number of aliphatic imine (C=N–C) groups is 1. The van der Waals surface area contributed by atoms with E-state index in [1.807, 2.05) is 53.4 Å². The van der Waals surface area contributed by atoms with Crippen LogP contribution in [0.15, 0.2) is 77.8 Å². The average molecular weight is 498 g/mol. The molecule has 0 radical (unpaired) electrons. The molecular formula is C29H28FN5O2. The van der Waals surface area contributed by atoms with Gasteiger partial charge in [-0.15, -0.1) is 0 Å². The van der Waals surface area contributed by atoms with Crippen LogP contribution in [0.3, 0.4) is 0 Å². The van der Waals surface area contributed by atoms with Crippen molar-refractivity contribution >= 4 is 34.0 Å². The molecule has 2 aliphatic heterocycles. The number of hydrogen-bond acceptors (Lipinski definition) is 5. The zero-order valence-electron chi connectivity index (χ0n) is 20.6. The minimum atomic E-state index is -0.418. The van der Waals surface area contributed by atoms with Crippen molar-refractivity contribution in [1.29, 1.82) is 0 Å². The highest BCUT2D eigenvalue weighted by molar-refractivity contribution is 6.01. The molecule has 1 spiro atoms. The van der Waals surface area contributed by atoms with Gasteiger partial charge in [-0.25, -0.2) is 9.38 Å². The second-order valence-corrected chi connectivity index (χ2v) is 9.59. The molecule has 1 fully saturated rings.